The minimum atomic E-state index is -4.77. The van der Waals surface area contributed by atoms with E-state index in [9.17, 15) is 18.0 Å². The molecule has 0 fully saturated rings. The molecule has 0 spiro atoms. The van der Waals surface area contributed by atoms with E-state index in [0.717, 1.165) is 5.56 Å². The fourth-order valence-corrected chi connectivity index (χ4v) is 2.51. The molecule has 0 atom stereocenters. The predicted octanol–water partition coefficient (Wildman–Crippen LogP) is 4.94. The lowest BCUT2D eigenvalue weighted by Crippen LogP contribution is -2.18. The summed E-state index contributed by atoms with van der Waals surface area (Å²) in [7, 11) is 0. The van der Waals surface area contributed by atoms with Gasteiger partial charge in [-0.15, -0.1) is 13.2 Å². The average Bonchev–Trinajstić information content (AvgIpc) is 2.50. The molecular weight excluding hydrogens is 389 g/mol. The Kier molecular flexibility index (Phi) is 5.88. The molecule has 0 aliphatic rings. The number of hydrogen-bond donors (Lipinski definition) is 0. The molecule has 7 heteroatoms. The SMILES string of the molecule is Cc1cc(OC(F)(F)F)c(Br)cc1CC(=O)OCc1ccccc1. The van der Waals surface area contributed by atoms with Gasteiger partial charge in [0, 0.05) is 0 Å². The van der Waals surface area contributed by atoms with Crippen molar-refractivity contribution in [2.24, 2.45) is 0 Å². The van der Waals surface area contributed by atoms with E-state index in [0.29, 0.717) is 11.1 Å². The van der Waals surface area contributed by atoms with Crippen LogP contribution in [0.3, 0.4) is 0 Å². The second-order valence-electron chi connectivity index (χ2n) is 5.08. The molecule has 0 aromatic heterocycles. The molecule has 2 aromatic carbocycles. The number of carbonyl (C=O) groups is 1. The van der Waals surface area contributed by atoms with Crippen LogP contribution >= 0.6 is 15.9 Å². The maximum atomic E-state index is 12.3. The van der Waals surface area contributed by atoms with Gasteiger partial charge in [0.25, 0.3) is 0 Å². The van der Waals surface area contributed by atoms with Crippen molar-refractivity contribution in [1.82, 2.24) is 0 Å². The minimum Gasteiger partial charge on any atom is -0.461 e. The average molecular weight is 403 g/mol. The first kappa shape index (κ1) is 18.3. The van der Waals surface area contributed by atoms with Crippen LogP contribution < -0.4 is 4.74 Å². The third-order valence-electron chi connectivity index (χ3n) is 3.19. The Morgan fingerprint density at radius 3 is 2.46 bits per heavy atom. The topological polar surface area (TPSA) is 35.5 Å². The molecule has 0 N–H and O–H groups in total. The Morgan fingerprint density at radius 1 is 1.17 bits per heavy atom. The first-order valence-electron chi connectivity index (χ1n) is 6.99. The zero-order chi connectivity index (χ0) is 17.7. The number of alkyl halides is 3. The fraction of sp³-hybridized carbons (Fsp3) is 0.235. The van der Waals surface area contributed by atoms with Crippen LogP contribution in [-0.4, -0.2) is 12.3 Å². The van der Waals surface area contributed by atoms with Gasteiger partial charge in [-0.05, 0) is 51.7 Å². The van der Waals surface area contributed by atoms with Crippen molar-refractivity contribution in [2.45, 2.75) is 26.3 Å². The molecule has 0 unspecified atom stereocenters. The van der Waals surface area contributed by atoms with Crippen LogP contribution in [-0.2, 0) is 22.6 Å². The highest BCUT2D eigenvalue weighted by atomic mass is 79.9. The number of hydrogen-bond acceptors (Lipinski definition) is 3. The smallest absolute Gasteiger partial charge is 0.461 e. The monoisotopic (exact) mass is 402 g/mol. The van der Waals surface area contributed by atoms with Crippen LogP contribution in [0.25, 0.3) is 0 Å². The molecule has 0 aliphatic carbocycles. The Labute approximate surface area is 145 Å². The fourth-order valence-electron chi connectivity index (χ4n) is 2.03. The van der Waals surface area contributed by atoms with Crippen molar-refractivity contribution in [2.75, 3.05) is 0 Å². The van der Waals surface area contributed by atoms with Gasteiger partial charge < -0.3 is 9.47 Å². The van der Waals surface area contributed by atoms with Crippen molar-refractivity contribution < 1.29 is 27.4 Å². The highest BCUT2D eigenvalue weighted by Crippen LogP contribution is 2.33. The summed E-state index contributed by atoms with van der Waals surface area (Å²) in [5, 5.41) is 0. The number of benzene rings is 2. The summed E-state index contributed by atoms with van der Waals surface area (Å²) in [4.78, 5) is 11.9. The number of aryl methyl sites for hydroxylation is 1. The molecule has 0 radical (unpaired) electrons. The predicted molar refractivity (Wildman–Crippen MR) is 85.5 cm³/mol. The van der Waals surface area contributed by atoms with Gasteiger partial charge in [0.15, 0.2) is 0 Å². The first-order chi connectivity index (χ1) is 11.2. The van der Waals surface area contributed by atoms with Crippen molar-refractivity contribution in [3.05, 3.63) is 63.6 Å². The van der Waals surface area contributed by atoms with E-state index in [1.165, 1.54) is 12.1 Å². The number of ether oxygens (including phenoxy) is 2. The van der Waals surface area contributed by atoms with Crippen molar-refractivity contribution in [3.8, 4) is 5.75 Å². The molecule has 2 rings (SSSR count). The number of esters is 1. The summed E-state index contributed by atoms with van der Waals surface area (Å²) in [6, 6.07) is 11.9. The lowest BCUT2D eigenvalue weighted by molar-refractivity contribution is -0.274. The van der Waals surface area contributed by atoms with E-state index in [-0.39, 0.29) is 23.2 Å². The standard InChI is InChI=1S/C17H14BrF3O3/c1-11-7-15(24-17(19,20)21)14(18)8-13(11)9-16(22)23-10-12-5-3-2-4-6-12/h2-8H,9-10H2,1H3. The Morgan fingerprint density at radius 2 is 1.83 bits per heavy atom. The van der Waals surface area contributed by atoms with Gasteiger partial charge in [0.05, 0.1) is 10.9 Å². The summed E-state index contributed by atoms with van der Waals surface area (Å²) in [5.41, 5.74) is 1.93. The van der Waals surface area contributed by atoms with E-state index in [2.05, 4.69) is 20.7 Å². The maximum Gasteiger partial charge on any atom is 0.573 e. The molecule has 0 saturated heterocycles. The quantitative estimate of drug-likeness (QED) is 0.664. The molecule has 0 aliphatic heterocycles. The molecule has 2 aromatic rings. The summed E-state index contributed by atoms with van der Waals surface area (Å²) in [6.45, 7) is 1.75. The molecule has 24 heavy (non-hydrogen) atoms. The van der Waals surface area contributed by atoms with Gasteiger partial charge in [-0.2, -0.15) is 0 Å². The molecule has 0 amide bonds. The zero-order valence-electron chi connectivity index (χ0n) is 12.7. The highest BCUT2D eigenvalue weighted by molar-refractivity contribution is 9.10. The van der Waals surface area contributed by atoms with Crippen LogP contribution in [0.1, 0.15) is 16.7 Å². The first-order valence-corrected chi connectivity index (χ1v) is 7.78. The number of halogens is 4. The molecule has 0 saturated carbocycles. The summed E-state index contributed by atoms with van der Waals surface area (Å²) in [5.74, 6) is -0.806. The molecular formula is C17H14BrF3O3. The normalized spacial score (nSPS) is 11.2. The molecule has 128 valence electrons. The van der Waals surface area contributed by atoms with Crippen molar-refractivity contribution in [1.29, 1.82) is 0 Å². The van der Waals surface area contributed by atoms with Crippen LogP contribution in [0.5, 0.6) is 5.75 Å². The van der Waals surface area contributed by atoms with E-state index >= 15 is 0 Å². The maximum absolute atomic E-state index is 12.3. The highest BCUT2D eigenvalue weighted by Gasteiger charge is 2.32. The van der Waals surface area contributed by atoms with Gasteiger partial charge in [-0.3, -0.25) is 4.79 Å². The third kappa shape index (κ3) is 5.56. The van der Waals surface area contributed by atoms with Crippen LogP contribution in [0.15, 0.2) is 46.9 Å². The summed E-state index contributed by atoms with van der Waals surface area (Å²) < 4.78 is 46.1. The largest absolute Gasteiger partial charge is 0.573 e. The second-order valence-corrected chi connectivity index (χ2v) is 5.93. The minimum absolute atomic E-state index is 0.0381. The Hall–Kier alpha value is -2.02. The van der Waals surface area contributed by atoms with E-state index in [4.69, 9.17) is 4.74 Å². The molecule has 0 bridgehead atoms. The molecule has 3 nitrogen and oxygen atoms in total. The second kappa shape index (κ2) is 7.70. The van der Waals surface area contributed by atoms with Gasteiger partial charge in [0.1, 0.15) is 12.4 Å². The van der Waals surface area contributed by atoms with E-state index in [1.54, 1.807) is 6.92 Å². The molecule has 0 heterocycles. The van der Waals surface area contributed by atoms with E-state index < -0.39 is 12.3 Å². The lowest BCUT2D eigenvalue weighted by Gasteiger charge is -2.14. The van der Waals surface area contributed by atoms with E-state index in [1.807, 2.05) is 30.3 Å². The summed E-state index contributed by atoms with van der Waals surface area (Å²) >= 11 is 3.02. The van der Waals surface area contributed by atoms with Gasteiger partial charge in [-0.25, -0.2) is 0 Å². The van der Waals surface area contributed by atoms with Crippen LogP contribution in [0.4, 0.5) is 13.2 Å². The zero-order valence-corrected chi connectivity index (χ0v) is 14.3. The van der Waals surface area contributed by atoms with Gasteiger partial charge in [0.2, 0.25) is 0 Å². The number of carbonyl (C=O) groups excluding carboxylic acids is 1. The van der Waals surface area contributed by atoms with Crippen molar-refractivity contribution >= 4 is 21.9 Å². The third-order valence-corrected chi connectivity index (χ3v) is 3.81. The Bertz CT molecular complexity index is 715. The van der Waals surface area contributed by atoms with Gasteiger partial charge >= 0.3 is 12.3 Å². The van der Waals surface area contributed by atoms with Crippen LogP contribution in [0.2, 0.25) is 0 Å². The lowest BCUT2D eigenvalue weighted by atomic mass is 10.1. The summed E-state index contributed by atoms with van der Waals surface area (Å²) in [6.07, 6.45) is -4.81. The van der Waals surface area contributed by atoms with Gasteiger partial charge in [-0.1, -0.05) is 30.3 Å². The number of rotatable bonds is 5. The van der Waals surface area contributed by atoms with Crippen molar-refractivity contribution in [3.63, 3.8) is 0 Å². The van der Waals surface area contributed by atoms with Crippen LogP contribution in [0, 0.1) is 6.92 Å². The Balaban J connectivity index is 2.01.